The van der Waals surface area contributed by atoms with Gasteiger partial charge in [0, 0.05) is 12.0 Å². The number of aliphatic hydroxyl groups excluding tert-OH is 1. The van der Waals surface area contributed by atoms with E-state index in [2.05, 4.69) is 0 Å². The van der Waals surface area contributed by atoms with E-state index in [-0.39, 0.29) is 12.7 Å². The maximum absolute atomic E-state index is 9.17. The van der Waals surface area contributed by atoms with Gasteiger partial charge in [-0.3, -0.25) is 0 Å². The minimum atomic E-state index is -0.0540. The summed E-state index contributed by atoms with van der Waals surface area (Å²) >= 11 is 0. The van der Waals surface area contributed by atoms with E-state index in [1.165, 1.54) is 0 Å². The second kappa shape index (κ2) is 5.18. The van der Waals surface area contributed by atoms with Gasteiger partial charge in [0.05, 0.1) is 26.9 Å². The summed E-state index contributed by atoms with van der Waals surface area (Å²) in [6.45, 7) is 1.31. The number of methoxy groups -OCH3 is 1. The minimum absolute atomic E-state index is 0.0540. The fourth-order valence-electron chi connectivity index (χ4n) is 1.80. The zero-order chi connectivity index (χ0) is 11.4. The molecule has 1 aliphatic rings. The van der Waals surface area contributed by atoms with Crippen molar-refractivity contribution in [2.75, 3.05) is 20.3 Å². The van der Waals surface area contributed by atoms with E-state index in [0.29, 0.717) is 18.1 Å². The Balaban J connectivity index is 2.18. The van der Waals surface area contributed by atoms with E-state index in [0.717, 1.165) is 18.6 Å². The molecule has 1 aromatic carbocycles. The van der Waals surface area contributed by atoms with Crippen LogP contribution in [-0.4, -0.2) is 31.5 Å². The molecule has 1 N–H and O–H groups in total. The highest BCUT2D eigenvalue weighted by atomic mass is 16.6. The number of ether oxygens (including phenoxy) is 3. The van der Waals surface area contributed by atoms with Crippen molar-refractivity contribution in [2.45, 2.75) is 19.1 Å². The van der Waals surface area contributed by atoms with Crippen LogP contribution in [-0.2, 0) is 11.3 Å². The second-order valence-corrected chi connectivity index (χ2v) is 3.71. The lowest BCUT2D eigenvalue weighted by Gasteiger charge is -2.16. The van der Waals surface area contributed by atoms with Crippen molar-refractivity contribution < 1.29 is 19.3 Å². The molecule has 0 aliphatic carbocycles. The quantitative estimate of drug-likeness (QED) is 0.838. The molecule has 1 saturated heterocycles. The molecule has 0 radical (unpaired) electrons. The van der Waals surface area contributed by atoms with Gasteiger partial charge in [0.15, 0.2) is 11.5 Å². The van der Waals surface area contributed by atoms with Gasteiger partial charge in [-0.25, -0.2) is 0 Å². The molecule has 0 spiro atoms. The first kappa shape index (κ1) is 11.2. The summed E-state index contributed by atoms with van der Waals surface area (Å²) in [6.07, 6.45) is 0.981. The molecule has 4 nitrogen and oxygen atoms in total. The van der Waals surface area contributed by atoms with E-state index in [4.69, 9.17) is 14.2 Å². The average Bonchev–Trinajstić information content (AvgIpc) is 2.81. The molecule has 1 aromatic rings. The molecule has 0 saturated carbocycles. The fourth-order valence-corrected chi connectivity index (χ4v) is 1.80. The number of para-hydroxylation sites is 1. The lowest BCUT2D eigenvalue weighted by atomic mass is 10.2. The van der Waals surface area contributed by atoms with Gasteiger partial charge < -0.3 is 19.3 Å². The van der Waals surface area contributed by atoms with Crippen LogP contribution in [0.1, 0.15) is 12.0 Å². The predicted molar refractivity (Wildman–Crippen MR) is 58.8 cm³/mol. The Labute approximate surface area is 94.8 Å². The molecule has 1 fully saturated rings. The highest BCUT2D eigenvalue weighted by Crippen LogP contribution is 2.32. The zero-order valence-electron chi connectivity index (χ0n) is 9.31. The van der Waals surface area contributed by atoms with Crippen LogP contribution in [0.15, 0.2) is 18.2 Å². The summed E-state index contributed by atoms with van der Waals surface area (Å²) in [6, 6.07) is 5.51. The largest absolute Gasteiger partial charge is 0.492 e. The molecular formula is C12H16O4. The first-order chi connectivity index (χ1) is 7.85. The maximum atomic E-state index is 9.17. The standard InChI is InChI=1S/C12H16O4/c1-14-12-9(7-13)3-2-4-11(12)16-10-5-6-15-8-10/h2-4,10,13H,5-8H2,1H3. The van der Waals surface area contributed by atoms with Crippen LogP contribution in [0.5, 0.6) is 11.5 Å². The third-order valence-corrected chi connectivity index (χ3v) is 2.62. The summed E-state index contributed by atoms with van der Waals surface area (Å²) in [7, 11) is 1.58. The monoisotopic (exact) mass is 224 g/mol. The smallest absolute Gasteiger partial charge is 0.166 e. The van der Waals surface area contributed by atoms with Gasteiger partial charge in [-0.1, -0.05) is 12.1 Å². The molecule has 0 aromatic heterocycles. The van der Waals surface area contributed by atoms with Crippen molar-refractivity contribution in [1.82, 2.24) is 0 Å². The number of hydrogen-bond acceptors (Lipinski definition) is 4. The third-order valence-electron chi connectivity index (χ3n) is 2.62. The van der Waals surface area contributed by atoms with Crippen molar-refractivity contribution in [3.05, 3.63) is 23.8 Å². The van der Waals surface area contributed by atoms with Crippen molar-refractivity contribution in [1.29, 1.82) is 0 Å². The van der Waals surface area contributed by atoms with E-state index in [1.54, 1.807) is 7.11 Å². The second-order valence-electron chi connectivity index (χ2n) is 3.71. The molecule has 1 aliphatic heterocycles. The van der Waals surface area contributed by atoms with Gasteiger partial charge in [-0.2, -0.15) is 0 Å². The highest BCUT2D eigenvalue weighted by molar-refractivity contribution is 5.46. The van der Waals surface area contributed by atoms with Crippen LogP contribution >= 0.6 is 0 Å². The molecule has 16 heavy (non-hydrogen) atoms. The summed E-state index contributed by atoms with van der Waals surface area (Å²) in [5.41, 5.74) is 0.735. The van der Waals surface area contributed by atoms with E-state index >= 15 is 0 Å². The Hall–Kier alpha value is -1.26. The molecule has 88 valence electrons. The summed E-state index contributed by atoms with van der Waals surface area (Å²) in [5, 5.41) is 9.17. The maximum Gasteiger partial charge on any atom is 0.166 e. The van der Waals surface area contributed by atoms with E-state index in [9.17, 15) is 5.11 Å². The van der Waals surface area contributed by atoms with Crippen molar-refractivity contribution in [2.24, 2.45) is 0 Å². The summed E-state index contributed by atoms with van der Waals surface area (Å²) < 4.78 is 16.3. The summed E-state index contributed by atoms with van der Waals surface area (Å²) in [5.74, 6) is 1.28. The van der Waals surface area contributed by atoms with Crippen LogP contribution in [0, 0.1) is 0 Å². The Morgan fingerprint density at radius 2 is 2.38 bits per heavy atom. The number of rotatable bonds is 4. The normalized spacial score (nSPS) is 19.8. The van der Waals surface area contributed by atoms with Gasteiger partial charge in [0.2, 0.25) is 0 Å². The Bertz CT molecular complexity index is 345. The lowest BCUT2D eigenvalue weighted by Crippen LogP contribution is -2.16. The molecule has 1 heterocycles. The van der Waals surface area contributed by atoms with Crippen LogP contribution in [0.25, 0.3) is 0 Å². The molecule has 1 atom stereocenters. The first-order valence-corrected chi connectivity index (χ1v) is 5.36. The highest BCUT2D eigenvalue weighted by Gasteiger charge is 2.19. The van der Waals surface area contributed by atoms with E-state index in [1.807, 2.05) is 18.2 Å². The summed E-state index contributed by atoms with van der Waals surface area (Å²) in [4.78, 5) is 0. The molecule has 1 unspecified atom stereocenters. The van der Waals surface area contributed by atoms with Crippen molar-refractivity contribution in [3.8, 4) is 11.5 Å². The first-order valence-electron chi connectivity index (χ1n) is 5.36. The Morgan fingerprint density at radius 3 is 3.00 bits per heavy atom. The van der Waals surface area contributed by atoms with Gasteiger partial charge >= 0.3 is 0 Å². The number of hydrogen-bond donors (Lipinski definition) is 1. The van der Waals surface area contributed by atoms with Crippen molar-refractivity contribution >= 4 is 0 Å². The van der Waals surface area contributed by atoms with Crippen LogP contribution < -0.4 is 9.47 Å². The topological polar surface area (TPSA) is 47.9 Å². The fraction of sp³-hybridized carbons (Fsp3) is 0.500. The Morgan fingerprint density at radius 1 is 1.50 bits per heavy atom. The number of aliphatic hydroxyl groups is 1. The van der Waals surface area contributed by atoms with Gasteiger partial charge in [-0.15, -0.1) is 0 Å². The predicted octanol–water partition coefficient (Wildman–Crippen LogP) is 1.36. The van der Waals surface area contributed by atoms with Crippen LogP contribution in [0.4, 0.5) is 0 Å². The minimum Gasteiger partial charge on any atom is -0.492 e. The zero-order valence-corrected chi connectivity index (χ0v) is 9.31. The van der Waals surface area contributed by atoms with Gasteiger partial charge in [-0.05, 0) is 6.07 Å². The van der Waals surface area contributed by atoms with Crippen LogP contribution in [0.3, 0.4) is 0 Å². The average molecular weight is 224 g/mol. The van der Waals surface area contributed by atoms with Crippen molar-refractivity contribution in [3.63, 3.8) is 0 Å². The molecule has 2 rings (SSSR count). The molecule has 4 heteroatoms. The molecule has 0 amide bonds. The van der Waals surface area contributed by atoms with E-state index < -0.39 is 0 Å². The van der Waals surface area contributed by atoms with Crippen LogP contribution in [0.2, 0.25) is 0 Å². The van der Waals surface area contributed by atoms with Gasteiger partial charge in [0.25, 0.3) is 0 Å². The number of benzene rings is 1. The SMILES string of the molecule is COc1c(CO)cccc1OC1CCOC1. The van der Waals surface area contributed by atoms with Gasteiger partial charge in [0.1, 0.15) is 6.10 Å². The third kappa shape index (κ3) is 2.28. The lowest BCUT2D eigenvalue weighted by molar-refractivity contribution is 0.138. The Kier molecular flexibility index (Phi) is 3.64. The molecule has 0 bridgehead atoms. The molecular weight excluding hydrogens is 208 g/mol.